The number of anilines is 2. The number of carboxylic acids is 1. The number of carboxylic acid groups (broad SMARTS) is 1. The second-order valence-corrected chi connectivity index (χ2v) is 5.61. The van der Waals surface area contributed by atoms with Crippen molar-refractivity contribution in [2.45, 2.75) is 20.3 Å². The molecule has 2 N–H and O–H groups in total. The Bertz CT molecular complexity index is 654. The quantitative estimate of drug-likeness (QED) is 0.844. The largest absolute Gasteiger partial charge is 0.478 e. The first-order valence-corrected chi connectivity index (χ1v) is 8.30. The number of amides is 2. The van der Waals surface area contributed by atoms with E-state index >= 15 is 0 Å². The summed E-state index contributed by atoms with van der Waals surface area (Å²) >= 11 is 0. The summed E-state index contributed by atoms with van der Waals surface area (Å²) in [6.07, 6.45) is -0.0317. The fraction of sp³-hybridized carbons (Fsp3) is 0.471. The van der Waals surface area contributed by atoms with Crippen molar-refractivity contribution in [2.24, 2.45) is 0 Å². The average Bonchev–Trinajstić information content (AvgIpc) is 2.61. The highest BCUT2D eigenvalue weighted by Gasteiger charge is 2.24. The number of carbonyl (C=O) groups excluding carboxylic acids is 2. The van der Waals surface area contributed by atoms with Crippen LogP contribution in [-0.4, -0.2) is 60.8 Å². The Balaban J connectivity index is 2.17. The van der Waals surface area contributed by atoms with Crippen LogP contribution in [-0.2, 0) is 9.53 Å². The molecular formula is C17H23N3O5. The van der Waals surface area contributed by atoms with E-state index in [4.69, 9.17) is 9.84 Å². The number of carbonyl (C=O) groups is 3. The zero-order chi connectivity index (χ0) is 18.4. The number of nitrogens with zero attached hydrogens (tertiary/aromatic N) is 2. The van der Waals surface area contributed by atoms with Gasteiger partial charge < -0.3 is 25.0 Å². The molecule has 0 saturated carbocycles. The van der Waals surface area contributed by atoms with Gasteiger partial charge in [0.25, 0.3) is 0 Å². The zero-order valence-electron chi connectivity index (χ0n) is 14.4. The van der Waals surface area contributed by atoms with E-state index in [2.05, 4.69) is 5.32 Å². The molecule has 1 aromatic carbocycles. The lowest BCUT2D eigenvalue weighted by molar-refractivity contribution is -0.115. The highest BCUT2D eigenvalue weighted by Crippen LogP contribution is 2.28. The zero-order valence-corrected chi connectivity index (χ0v) is 14.4. The lowest BCUT2D eigenvalue weighted by Crippen LogP contribution is -2.49. The molecule has 136 valence electrons. The van der Waals surface area contributed by atoms with Gasteiger partial charge in [0.1, 0.15) is 0 Å². The van der Waals surface area contributed by atoms with E-state index < -0.39 is 5.97 Å². The van der Waals surface area contributed by atoms with Crippen LogP contribution in [0.1, 0.15) is 30.6 Å². The molecule has 0 bridgehead atoms. The van der Waals surface area contributed by atoms with E-state index in [1.807, 2.05) is 4.90 Å². The summed E-state index contributed by atoms with van der Waals surface area (Å²) in [4.78, 5) is 38.4. The molecular weight excluding hydrogens is 326 g/mol. The smallest absolute Gasteiger partial charge is 0.409 e. The second-order valence-electron chi connectivity index (χ2n) is 5.61. The maximum Gasteiger partial charge on any atom is 0.409 e. The summed E-state index contributed by atoms with van der Waals surface area (Å²) in [5.41, 5.74) is 1.33. The maximum atomic E-state index is 11.8. The molecule has 1 aliphatic rings. The molecule has 0 unspecified atom stereocenters. The van der Waals surface area contributed by atoms with Crippen LogP contribution in [0.4, 0.5) is 16.2 Å². The molecule has 1 aromatic rings. The monoisotopic (exact) mass is 349 g/mol. The molecule has 1 heterocycles. The van der Waals surface area contributed by atoms with Crippen molar-refractivity contribution in [3.8, 4) is 0 Å². The van der Waals surface area contributed by atoms with Crippen LogP contribution in [0.5, 0.6) is 0 Å². The lowest BCUT2D eigenvalue weighted by atomic mass is 10.1. The summed E-state index contributed by atoms with van der Waals surface area (Å²) in [6.45, 7) is 5.97. The number of piperazine rings is 1. The van der Waals surface area contributed by atoms with Crippen molar-refractivity contribution in [1.82, 2.24) is 4.90 Å². The molecule has 8 heteroatoms. The number of ether oxygens (including phenoxy) is 1. The van der Waals surface area contributed by atoms with Crippen molar-refractivity contribution in [3.05, 3.63) is 23.8 Å². The van der Waals surface area contributed by atoms with Gasteiger partial charge in [0.15, 0.2) is 0 Å². The van der Waals surface area contributed by atoms with Crippen molar-refractivity contribution in [3.63, 3.8) is 0 Å². The first-order valence-electron chi connectivity index (χ1n) is 8.30. The molecule has 0 aromatic heterocycles. The van der Waals surface area contributed by atoms with Crippen molar-refractivity contribution < 1.29 is 24.2 Å². The predicted molar refractivity (Wildman–Crippen MR) is 93.1 cm³/mol. The van der Waals surface area contributed by atoms with E-state index in [-0.39, 0.29) is 17.6 Å². The Labute approximate surface area is 146 Å². The third kappa shape index (κ3) is 4.62. The Morgan fingerprint density at radius 2 is 1.84 bits per heavy atom. The van der Waals surface area contributed by atoms with Gasteiger partial charge in [0, 0.05) is 32.6 Å². The van der Waals surface area contributed by atoms with Gasteiger partial charge >= 0.3 is 12.1 Å². The summed E-state index contributed by atoms with van der Waals surface area (Å²) in [6, 6.07) is 4.66. The van der Waals surface area contributed by atoms with E-state index in [1.54, 1.807) is 24.8 Å². The van der Waals surface area contributed by atoms with E-state index in [0.29, 0.717) is 44.9 Å². The normalized spacial score (nSPS) is 14.2. The third-order valence-electron chi connectivity index (χ3n) is 3.99. The molecule has 8 nitrogen and oxygen atoms in total. The van der Waals surface area contributed by atoms with Crippen molar-refractivity contribution >= 4 is 29.3 Å². The summed E-state index contributed by atoms with van der Waals surface area (Å²) < 4.78 is 5.00. The topological polar surface area (TPSA) is 99.2 Å². The number of hydrogen-bond donors (Lipinski definition) is 2. The van der Waals surface area contributed by atoms with Gasteiger partial charge in [-0.05, 0) is 25.1 Å². The van der Waals surface area contributed by atoms with Crippen LogP contribution in [0.2, 0.25) is 0 Å². The molecule has 2 rings (SSSR count). The van der Waals surface area contributed by atoms with Crippen LogP contribution in [0.25, 0.3) is 0 Å². The highest BCUT2D eigenvalue weighted by atomic mass is 16.6. The molecule has 2 amide bonds. The SMILES string of the molecule is CCOC(=O)N1CCN(c2ccc(C(=O)O)cc2NC(=O)CC)CC1. The van der Waals surface area contributed by atoms with E-state index in [1.165, 1.54) is 12.1 Å². The fourth-order valence-corrected chi connectivity index (χ4v) is 2.63. The van der Waals surface area contributed by atoms with Gasteiger partial charge in [-0.3, -0.25) is 4.79 Å². The van der Waals surface area contributed by atoms with Gasteiger partial charge in [-0.2, -0.15) is 0 Å². The van der Waals surface area contributed by atoms with Gasteiger partial charge in [0.2, 0.25) is 5.91 Å². The number of benzene rings is 1. The number of aromatic carboxylic acids is 1. The predicted octanol–water partition coefficient (Wildman–Crippen LogP) is 2.01. The van der Waals surface area contributed by atoms with Crippen LogP contribution >= 0.6 is 0 Å². The Hall–Kier alpha value is -2.77. The highest BCUT2D eigenvalue weighted by molar-refractivity contribution is 5.97. The minimum Gasteiger partial charge on any atom is -0.478 e. The van der Waals surface area contributed by atoms with Crippen LogP contribution < -0.4 is 10.2 Å². The minimum absolute atomic E-state index is 0.111. The minimum atomic E-state index is -1.05. The molecule has 1 saturated heterocycles. The van der Waals surface area contributed by atoms with Gasteiger partial charge in [-0.1, -0.05) is 6.92 Å². The van der Waals surface area contributed by atoms with Crippen LogP contribution in [0.3, 0.4) is 0 Å². The molecule has 1 aliphatic heterocycles. The van der Waals surface area contributed by atoms with Gasteiger partial charge in [-0.25, -0.2) is 9.59 Å². The second kappa shape index (κ2) is 8.36. The van der Waals surface area contributed by atoms with Gasteiger partial charge in [0.05, 0.1) is 23.5 Å². The summed E-state index contributed by atoms with van der Waals surface area (Å²) in [7, 11) is 0. The van der Waals surface area contributed by atoms with Crippen molar-refractivity contribution in [1.29, 1.82) is 0 Å². The van der Waals surface area contributed by atoms with Crippen molar-refractivity contribution in [2.75, 3.05) is 43.0 Å². The third-order valence-corrected chi connectivity index (χ3v) is 3.99. The Morgan fingerprint density at radius 1 is 1.16 bits per heavy atom. The average molecular weight is 349 g/mol. The number of rotatable bonds is 5. The maximum absolute atomic E-state index is 11.8. The lowest BCUT2D eigenvalue weighted by Gasteiger charge is -2.36. The number of nitrogens with one attached hydrogen (secondary N) is 1. The molecule has 1 fully saturated rings. The summed E-state index contributed by atoms with van der Waals surface area (Å²) in [5.74, 6) is -1.24. The van der Waals surface area contributed by atoms with Crippen LogP contribution in [0.15, 0.2) is 18.2 Å². The number of hydrogen-bond acceptors (Lipinski definition) is 5. The van der Waals surface area contributed by atoms with E-state index in [0.717, 1.165) is 5.69 Å². The molecule has 0 aliphatic carbocycles. The standard InChI is InChI=1S/C17H23N3O5/c1-3-15(21)18-13-11-12(16(22)23)5-6-14(13)19-7-9-20(10-8-19)17(24)25-4-2/h5-6,11H,3-4,7-10H2,1-2H3,(H,18,21)(H,22,23). The first kappa shape index (κ1) is 18.6. The first-order chi connectivity index (χ1) is 12.0. The molecule has 0 radical (unpaired) electrons. The fourth-order valence-electron chi connectivity index (χ4n) is 2.63. The molecule has 25 heavy (non-hydrogen) atoms. The van der Waals surface area contributed by atoms with Crippen LogP contribution in [0, 0.1) is 0 Å². The molecule has 0 spiro atoms. The van der Waals surface area contributed by atoms with E-state index in [9.17, 15) is 14.4 Å². The Morgan fingerprint density at radius 3 is 2.40 bits per heavy atom. The molecule has 0 atom stereocenters. The van der Waals surface area contributed by atoms with Gasteiger partial charge in [-0.15, -0.1) is 0 Å². The summed E-state index contributed by atoms with van der Waals surface area (Å²) in [5, 5.41) is 11.9. The Kier molecular flexibility index (Phi) is 6.21.